The van der Waals surface area contributed by atoms with Gasteiger partial charge in [0.25, 0.3) is 15.9 Å². The van der Waals surface area contributed by atoms with E-state index < -0.39 is 10.0 Å². The molecule has 3 rings (SSSR count). The third-order valence-corrected chi connectivity index (χ3v) is 7.07. The van der Waals surface area contributed by atoms with Crippen LogP contribution >= 0.6 is 23.1 Å². The summed E-state index contributed by atoms with van der Waals surface area (Å²) in [5.41, 5.74) is 1.04. The van der Waals surface area contributed by atoms with Crippen LogP contribution in [0.25, 0.3) is 6.08 Å². The number of sulfonamides is 1. The van der Waals surface area contributed by atoms with Crippen LogP contribution in [-0.4, -0.2) is 30.9 Å². The molecule has 1 aliphatic rings. The first-order valence-corrected chi connectivity index (χ1v) is 11.4. The summed E-state index contributed by atoms with van der Waals surface area (Å²) in [7, 11) is -3.91. The number of amides is 1. The average Bonchev–Trinajstić information content (AvgIpc) is 3.26. The normalized spacial score (nSPS) is 17.8. The minimum Gasteiger partial charge on any atom is -0.282 e. The van der Waals surface area contributed by atoms with E-state index in [4.69, 9.17) is 0 Å². The summed E-state index contributed by atoms with van der Waals surface area (Å²) in [6, 6.07) is 10.4. The molecule has 1 saturated heterocycles. The number of rotatable bonds is 6. The SMILES string of the molecule is C=CCN1C(=O)C(=Cc2cccs2)SC1=NS(=O)(=O)c1ccc(CC)cc1. The largest absolute Gasteiger partial charge is 0.284 e. The average molecular weight is 419 g/mol. The maximum atomic E-state index is 12.7. The summed E-state index contributed by atoms with van der Waals surface area (Å²) in [5, 5.41) is 2.06. The number of carbonyl (C=O) groups excluding carboxylic acids is 1. The second-order valence-corrected chi connectivity index (χ2v) is 9.27. The number of thiophene rings is 1. The van der Waals surface area contributed by atoms with Gasteiger partial charge in [-0.2, -0.15) is 8.42 Å². The number of hydrogen-bond donors (Lipinski definition) is 0. The van der Waals surface area contributed by atoms with E-state index in [-0.39, 0.29) is 22.5 Å². The number of benzene rings is 1. The van der Waals surface area contributed by atoms with E-state index in [9.17, 15) is 13.2 Å². The van der Waals surface area contributed by atoms with E-state index in [1.807, 2.05) is 24.4 Å². The maximum absolute atomic E-state index is 12.7. The standard InChI is InChI=1S/C19H18N2O3S3/c1-3-11-21-18(22)17(13-15-6-5-12-25-15)26-19(21)20-27(23,24)16-9-7-14(4-2)8-10-16/h3,5-10,12-13H,1,4,11H2,2H3. The molecule has 2 aromatic rings. The Hall–Kier alpha value is -2.16. The molecule has 0 spiro atoms. The highest BCUT2D eigenvalue weighted by Crippen LogP contribution is 2.34. The van der Waals surface area contributed by atoms with E-state index in [2.05, 4.69) is 11.0 Å². The van der Waals surface area contributed by atoms with Gasteiger partial charge < -0.3 is 0 Å². The van der Waals surface area contributed by atoms with Gasteiger partial charge in [0.2, 0.25) is 0 Å². The molecule has 2 heterocycles. The Kier molecular flexibility index (Phi) is 5.98. The van der Waals surface area contributed by atoms with Crippen LogP contribution in [0.5, 0.6) is 0 Å². The van der Waals surface area contributed by atoms with Gasteiger partial charge in [-0.3, -0.25) is 9.69 Å². The highest BCUT2D eigenvalue weighted by Gasteiger charge is 2.34. The van der Waals surface area contributed by atoms with E-state index in [0.29, 0.717) is 4.91 Å². The summed E-state index contributed by atoms with van der Waals surface area (Å²) in [4.78, 5) is 15.4. The third kappa shape index (κ3) is 4.40. The van der Waals surface area contributed by atoms with Crippen molar-refractivity contribution in [1.82, 2.24) is 4.90 Å². The summed E-state index contributed by atoms with van der Waals surface area (Å²) in [5.74, 6) is -0.274. The predicted octanol–water partition coefficient (Wildman–Crippen LogP) is 4.16. The molecule has 27 heavy (non-hydrogen) atoms. The molecule has 1 aromatic carbocycles. The molecule has 1 amide bonds. The summed E-state index contributed by atoms with van der Waals surface area (Å²) in [6.45, 7) is 5.83. The lowest BCUT2D eigenvalue weighted by atomic mass is 10.2. The van der Waals surface area contributed by atoms with Crippen molar-refractivity contribution in [3.8, 4) is 0 Å². The van der Waals surface area contributed by atoms with Crippen molar-refractivity contribution in [3.05, 3.63) is 69.8 Å². The summed E-state index contributed by atoms with van der Waals surface area (Å²) < 4.78 is 29.3. The molecule has 8 heteroatoms. The van der Waals surface area contributed by atoms with Crippen molar-refractivity contribution in [2.75, 3.05) is 6.54 Å². The summed E-state index contributed by atoms with van der Waals surface area (Å²) in [6.07, 6.45) is 4.12. The Morgan fingerprint density at radius 1 is 1.22 bits per heavy atom. The molecule has 0 unspecified atom stereocenters. The molecule has 140 valence electrons. The van der Waals surface area contributed by atoms with Gasteiger partial charge in [-0.1, -0.05) is 31.2 Å². The van der Waals surface area contributed by atoms with Gasteiger partial charge in [-0.15, -0.1) is 22.3 Å². The fourth-order valence-electron chi connectivity index (χ4n) is 2.42. The predicted molar refractivity (Wildman–Crippen MR) is 112 cm³/mol. The van der Waals surface area contributed by atoms with Gasteiger partial charge in [-0.25, -0.2) is 0 Å². The van der Waals surface area contributed by atoms with E-state index in [1.54, 1.807) is 36.4 Å². The van der Waals surface area contributed by atoms with Crippen LogP contribution in [0.4, 0.5) is 0 Å². The first-order valence-electron chi connectivity index (χ1n) is 8.24. The van der Waals surface area contributed by atoms with E-state index in [1.165, 1.54) is 16.2 Å². The van der Waals surface area contributed by atoms with E-state index >= 15 is 0 Å². The van der Waals surface area contributed by atoms with Crippen LogP contribution in [0.3, 0.4) is 0 Å². The van der Waals surface area contributed by atoms with Crippen molar-refractivity contribution in [2.45, 2.75) is 18.2 Å². The fourth-order valence-corrected chi connectivity index (χ4v) is 5.33. The lowest BCUT2D eigenvalue weighted by molar-refractivity contribution is -0.121. The van der Waals surface area contributed by atoms with Gasteiger partial charge in [0.05, 0.1) is 9.80 Å². The Bertz CT molecular complexity index is 1000. The number of nitrogens with zero attached hydrogens (tertiary/aromatic N) is 2. The molecule has 0 radical (unpaired) electrons. The maximum Gasteiger partial charge on any atom is 0.284 e. The van der Waals surface area contributed by atoms with E-state index in [0.717, 1.165) is 28.6 Å². The van der Waals surface area contributed by atoms with Crippen molar-refractivity contribution >= 4 is 50.3 Å². The molecule has 0 bridgehead atoms. The van der Waals surface area contributed by atoms with Gasteiger partial charge in [0.1, 0.15) is 0 Å². The number of amidine groups is 1. The smallest absolute Gasteiger partial charge is 0.282 e. The highest BCUT2D eigenvalue weighted by atomic mass is 32.2. The zero-order valence-electron chi connectivity index (χ0n) is 14.7. The van der Waals surface area contributed by atoms with Gasteiger partial charge in [-0.05, 0) is 53.4 Å². The second-order valence-electron chi connectivity index (χ2n) is 5.68. The Morgan fingerprint density at radius 3 is 2.56 bits per heavy atom. The lowest BCUT2D eigenvalue weighted by Crippen LogP contribution is -2.29. The minimum absolute atomic E-state index is 0.106. The van der Waals surface area contributed by atoms with Crippen LogP contribution in [-0.2, 0) is 21.2 Å². The topological polar surface area (TPSA) is 66.8 Å². The monoisotopic (exact) mass is 418 g/mol. The highest BCUT2D eigenvalue weighted by molar-refractivity contribution is 8.19. The lowest BCUT2D eigenvalue weighted by Gasteiger charge is -2.12. The quantitative estimate of drug-likeness (QED) is 0.522. The zero-order chi connectivity index (χ0) is 19.4. The number of thioether (sulfide) groups is 1. The van der Waals surface area contributed by atoms with Crippen molar-refractivity contribution < 1.29 is 13.2 Å². The molecule has 5 nitrogen and oxygen atoms in total. The number of aryl methyl sites for hydroxylation is 1. The fraction of sp³-hybridized carbons (Fsp3) is 0.158. The molecule has 0 aliphatic carbocycles. The van der Waals surface area contributed by atoms with Gasteiger partial charge >= 0.3 is 0 Å². The minimum atomic E-state index is -3.91. The zero-order valence-corrected chi connectivity index (χ0v) is 17.1. The molecular formula is C19H18N2O3S3. The molecule has 0 atom stereocenters. The summed E-state index contributed by atoms with van der Waals surface area (Å²) >= 11 is 2.56. The second kappa shape index (κ2) is 8.24. The Morgan fingerprint density at radius 2 is 1.96 bits per heavy atom. The Balaban J connectivity index is 1.96. The first-order chi connectivity index (χ1) is 12.9. The molecular weight excluding hydrogens is 400 g/mol. The first kappa shape index (κ1) is 19.6. The molecule has 1 fully saturated rings. The van der Waals surface area contributed by atoms with Crippen molar-refractivity contribution in [3.63, 3.8) is 0 Å². The van der Waals surface area contributed by atoms with Gasteiger partial charge in [0, 0.05) is 11.4 Å². The van der Waals surface area contributed by atoms with Crippen LogP contribution in [0, 0.1) is 0 Å². The van der Waals surface area contributed by atoms with Crippen molar-refractivity contribution in [2.24, 2.45) is 4.40 Å². The number of carbonyl (C=O) groups is 1. The number of hydrogen-bond acceptors (Lipinski definition) is 5. The van der Waals surface area contributed by atoms with Gasteiger partial charge in [0.15, 0.2) is 5.17 Å². The Labute approximate surface area is 167 Å². The van der Waals surface area contributed by atoms with Crippen molar-refractivity contribution in [1.29, 1.82) is 0 Å². The van der Waals surface area contributed by atoms with Crippen LogP contribution in [0.1, 0.15) is 17.4 Å². The van der Waals surface area contributed by atoms with Crippen LogP contribution in [0.2, 0.25) is 0 Å². The molecule has 1 aromatic heterocycles. The van der Waals surface area contributed by atoms with Crippen LogP contribution in [0.15, 0.2) is 68.6 Å². The molecule has 0 saturated carbocycles. The molecule has 1 aliphatic heterocycles. The third-order valence-electron chi connectivity index (χ3n) is 3.84. The van der Waals surface area contributed by atoms with Crippen LogP contribution < -0.4 is 0 Å². The molecule has 0 N–H and O–H groups in total.